The largest absolute Gasteiger partial charge is 0.450 e. The first-order valence-corrected chi connectivity index (χ1v) is 15.3. The Labute approximate surface area is 235 Å². The van der Waals surface area contributed by atoms with Crippen molar-refractivity contribution in [2.45, 2.75) is 96.9 Å². The predicted octanol–water partition coefficient (Wildman–Crippen LogP) is 5.81. The van der Waals surface area contributed by atoms with Crippen LogP contribution in [0.2, 0.25) is 0 Å². The number of ether oxygens (including phenoxy) is 1. The quantitative estimate of drug-likeness (QED) is 0.327. The number of rotatable bonds is 13. The van der Waals surface area contributed by atoms with Crippen LogP contribution in [0.5, 0.6) is 0 Å². The molecule has 0 radical (unpaired) electrons. The van der Waals surface area contributed by atoms with Crippen molar-refractivity contribution in [2.24, 2.45) is 17.6 Å². The third-order valence-corrected chi connectivity index (χ3v) is 8.95. The van der Waals surface area contributed by atoms with E-state index in [0.29, 0.717) is 17.8 Å². The number of hydrogen-bond donors (Lipinski definition) is 2. The van der Waals surface area contributed by atoms with Crippen LogP contribution in [0.4, 0.5) is 10.5 Å². The molecule has 1 aromatic carbocycles. The molecule has 0 aliphatic heterocycles. The molecule has 0 aromatic heterocycles. The van der Waals surface area contributed by atoms with Crippen molar-refractivity contribution < 1.29 is 19.1 Å². The number of carbonyl (C=O) groups is 3. The summed E-state index contributed by atoms with van der Waals surface area (Å²) in [6.07, 6.45) is 10.6. The molecule has 0 spiro atoms. The van der Waals surface area contributed by atoms with Crippen LogP contribution < -0.4 is 11.1 Å². The highest BCUT2D eigenvalue weighted by Crippen LogP contribution is 2.47. The van der Waals surface area contributed by atoms with Crippen LogP contribution in [0.15, 0.2) is 24.3 Å². The van der Waals surface area contributed by atoms with E-state index in [1.807, 2.05) is 4.90 Å². The van der Waals surface area contributed by atoms with Crippen LogP contribution in [-0.2, 0) is 9.53 Å². The molecule has 0 unspecified atom stereocenters. The van der Waals surface area contributed by atoms with Crippen molar-refractivity contribution in [3.05, 3.63) is 29.8 Å². The van der Waals surface area contributed by atoms with Gasteiger partial charge in [-0.1, -0.05) is 52.4 Å². The highest BCUT2D eigenvalue weighted by atomic mass is 16.5. The number of carbonyl (C=O) groups excluding carboxylic acids is 3. The summed E-state index contributed by atoms with van der Waals surface area (Å²) in [5.41, 5.74) is 6.51. The number of benzene rings is 1. The first-order valence-electron chi connectivity index (χ1n) is 15.3. The topological polar surface area (TPSA) is 105 Å². The molecule has 0 saturated heterocycles. The van der Waals surface area contributed by atoms with E-state index in [0.717, 1.165) is 77.4 Å². The maximum atomic E-state index is 14.4. The lowest BCUT2D eigenvalue weighted by atomic mass is 9.62. The van der Waals surface area contributed by atoms with Gasteiger partial charge in [-0.2, -0.15) is 0 Å². The summed E-state index contributed by atoms with van der Waals surface area (Å²) in [5, 5.41) is 2.68. The first kappa shape index (κ1) is 30.9. The fraction of sp³-hybridized carbons (Fsp3) is 0.710. The number of nitrogens with zero attached hydrogens (tertiary/aromatic N) is 2. The minimum Gasteiger partial charge on any atom is -0.450 e. The molecule has 2 aliphatic rings. The average Bonchev–Trinajstić information content (AvgIpc) is 2.96. The number of nitrogens with two attached hydrogens (primary N) is 1. The van der Waals surface area contributed by atoms with Gasteiger partial charge in [-0.15, -0.1) is 0 Å². The molecule has 3 rings (SSSR count). The molecule has 0 heterocycles. The molecular formula is C31H50N4O4. The Hall–Kier alpha value is -2.61. The monoisotopic (exact) mass is 542 g/mol. The Morgan fingerprint density at radius 1 is 0.872 bits per heavy atom. The highest BCUT2D eigenvalue weighted by Gasteiger charge is 2.55. The number of nitrogens with one attached hydrogen (secondary N) is 1. The predicted molar refractivity (Wildman–Crippen MR) is 156 cm³/mol. The third kappa shape index (κ3) is 7.53. The van der Waals surface area contributed by atoms with Gasteiger partial charge in [0.15, 0.2) is 0 Å². The van der Waals surface area contributed by atoms with E-state index in [2.05, 4.69) is 24.1 Å². The molecule has 218 valence electrons. The zero-order valence-corrected chi connectivity index (χ0v) is 24.4. The summed E-state index contributed by atoms with van der Waals surface area (Å²) in [6.45, 7) is 9.59. The van der Waals surface area contributed by atoms with Gasteiger partial charge >= 0.3 is 6.09 Å². The SMILES string of the molecule is CCOC(=O)Nc1ccc(C(=O)N(CCCN(CC)CC)C(C(N)=O)(C2CCCCC2)C2CCCCC2)cc1. The van der Waals surface area contributed by atoms with Crippen molar-refractivity contribution in [1.29, 1.82) is 0 Å². The Kier molecular flexibility index (Phi) is 12.1. The second-order valence-corrected chi connectivity index (χ2v) is 11.1. The van der Waals surface area contributed by atoms with Crippen molar-refractivity contribution in [1.82, 2.24) is 9.80 Å². The second-order valence-electron chi connectivity index (χ2n) is 11.1. The van der Waals surface area contributed by atoms with Crippen LogP contribution in [-0.4, -0.2) is 66.0 Å². The van der Waals surface area contributed by atoms with E-state index in [-0.39, 0.29) is 30.3 Å². The highest BCUT2D eigenvalue weighted by molar-refractivity contribution is 6.00. The minimum atomic E-state index is -0.983. The van der Waals surface area contributed by atoms with E-state index >= 15 is 0 Å². The Morgan fingerprint density at radius 3 is 1.87 bits per heavy atom. The maximum absolute atomic E-state index is 14.4. The summed E-state index contributed by atoms with van der Waals surface area (Å²) in [5.74, 6) is -0.326. The molecule has 1 aromatic rings. The first-order chi connectivity index (χ1) is 18.9. The Bertz CT molecular complexity index is 901. The average molecular weight is 543 g/mol. The molecule has 8 nitrogen and oxygen atoms in total. The van der Waals surface area contributed by atoms with E-state index in [1.165, 1.54) is 12.8 Å². The third-order valence-electron chi connectivity index (χ3n) is 8.95. The van der Waals surface area contributed by atoms with Crippen LogP contribution >= 0.6 is 0 Å². The number of primary amides is 1. The van der Waals surface area contributed by atoms with Crippen LogP contribution in [0, 0.1) is 11.8 Å². The van der Waals surface area contributed by atoms with Gasteiger partial charge in [-0.25, -0.2) is 4.79 Å². The molecular weight excluding hydrogens is 492 g/mol. The van der Waals surface area contributed by atoms with Gasteiger partial charge in [0.2, 0.25) is 5.91 Å². The number of hydrogen-bond acceptors (Lipinski definition) is 5. The lowest BCUT2D eigenvalue weighted by Gasteiger charge is -2.53. The Morgan fingerprint density at radius 2 is 1.41 bits per heavy atom. The van der Waals surface area contributed by atoms with Crippen molar-refractivity contribution in [3.8, 4) is 0 Å². The summed E-state index contributed by atoms with van der Waals surface area (Å²) in [4.78, 5) is 44.3. The zero-order chi connectivity index (χ0) is 28.3. The van der Waals surface area contributed by atoms with Gasteiger partial charge in [0.05, 0.1) is 6.61 Å². The molecule has 3 N–H and O–H groups in total. The van der Waals surface area contributed by atoms with Crippen molar-refractivity contribution >= 4 is 23.6 Å². The summed E-state index contributed by atoms with van der Waals surface area (Å²) >= 11 is 0. The lowest BCUT2D eigenvalue weighted by Crippen LogP contribution is -2.68. The van der Waals surface area contributed by atoms with Crippen LogP contribution in [0.1, 0.15) is 102 Å². The van der Waals surface area contributed by atoms with Gasteiger partial charge in [-0.05, 0) is 94.8 Å². The van der Waals surface area contributed by atoms with Gasteiger partial charge < -0.3 is 20.3 Å². The molecule has 39 heavy (non-hydrogen) atoms. The number of amides is 3. The van der Waals surface area contributed by atoms with Crippen LogP contribution in [0.3, 0.4) is 0 Å². The summed E-state index contributed by atoms with van der Waals surface area (Å²) in [6, 6.07) is 6.89. The maximum Gasteiger partial charge on any atom is 0.411 e. The second kappa shape index (κ2) is 15.2. The molecule has 2 fully saturated rings. The smallest absolute Gasteiger partial charge is 0.411 e. The van der Waals surface area contributed by atoms with Crippen LogP contribution in [0.25, 0.3) is 0 Å². The molecule has 2 saturated carbocycles. The van der Waals surface area contributed by atoms with Gasteiger partial charge in [0.25, 0.3) is 5.91 Å². The van der Waals surface area contributed by atoms with Gasteiger partial charge in [-0.3, -0.25) is 14.9 Å². The Balaban J connectivity index is 2.01. The lowest BCUT2D eigenvalue weighted by molar-refractivity contribution is -0.140. The van der Waals surface area contributed by atoms with E-state index < -0.39 is 11.6 Å². The fourth-order valence-electron chi connectivity index (χ4n) is 6.98. The van der Waals surface area contributed by atoms with E-state index in [9.17, 15) is 14.4 Å². The number of anilines is 1. The zero-order valence-electron chi connectivity index (χ0n) is 24.4. The summed E-state index contributed by atoms with van der Waals surface area (Å²) in [7, 11) is 0. The van der Waals surface area contributed by atoms with E-state index in [1.54, 1.807) is 31.2 Å². The van der Waals surface area contributed by atoms with Crippen molar-refractivity contribution in [2.75, 3.05) is 38.1 Å². The summed E-state index contributed by atoms with van der Waals surface area (Å²) < 4.78 is 4.97. The molecule has 0 bridgehead atoms. The van der Waals surface area contributed by atoms with E-state index in [4.69, 9.17) is 10.5 Å². The standard InChI is InChI=1S/C31H50N4O4/c1-4-34(5-2)22-13-23-35(28(36)24-18-20-27(21-19-24)33-30(38)39-6-3)31(29(32)37,25-14-9-7-10-15-25)26-16-11-8-12-17-26/h18-21,25-26H,4-17,22-23H2,1-3H3,(H2,32,37)(H,33,38). The van der Waals surface area contributed by atoms with Gasteiger partial charge in [0.1, 0.15) is 5.54 Å². The minimum absolute atomic E-state index is 0.0778. The molecule has 3 amide bonds. The van der Waals surface area contributed by atoms with Gasteiger partial charge in [0, 0.05) is 17.8 Å². The van der Waals surface area contributed by atoms with Crippen molar-refractivity contribution in [3.63, 3.8) is 0 Å². The fourth-order valence-corrected chi connectivity index (χ4v) is 6.98. The molecule has 2 aliphatic carbocycles. The normalized spacial score (nSPS) is 17.1. The molecule has 0 atom stereocenters. The molecule has 8 heteroatoms.